The second-order valence-corrected chi connectivity index (χ2v) is 5.52. The van der Waals surface area contributed by atoms with E-state index >= 15 is 0 Å². The van der Waals surface area contributed by atoms with E-state index in [0.29, 0.717) is 5.69 Å². The van der Waals surface area contributed by atoms with E-state index in [4.69, 9.17) is 16.7 Å². The Labute approximate surface area is 130 Å². The van der Waals surface area contributed by atoms with Gasteiger partial charge in [0.1, 0.15) is 11.0 Å². The Hall–Kier alpha value is -2.41. The molecule has 0 aromatic carbocycles. The Morgan fingerprint density at radius 3 is 2.73 bits per heavy atom. The number of carbonyl (C=O) groups excluding carboxylic acids is 1. The molecule has 1 saturated carbocycles. The highest BCUT2D eigenvalue weighted by Crippen LogP contribution is 2.43. The normalized spacial score (nSPS) is 13.9. The Kier molecular flexibility index (Phi) is 3.58. The lowest BCUT2D eigenvalue weighted by molar-refractivity contribution is 0.102. The molecule has 2 N–H and O–H groups in total. The van der Waals surface area contributed by atoms with Crippen molar-refractivity contribution in [2.75, 3.05) is 5.32 Å². The minimum absolute atomic E-state index is 0.0758. The van der Waals surface area contributed by atoms with Crippen LogP contribution in [0.25, 0.3) is 0 Å². The molecule has 1 fully saturated rings. The second-order valence-electron chi connectivity index (χ2n) is 5.16. The fourth-order valence-electron chi connectivity index (χ4n) is 2.19. The molecule has 1 amide bonds. The van der Waals surface area contributed by atoms with Gasteiger partial charge in [-0.2, -0.15) is 5.10 Å². The van der Waals surface area contributed by atoms with Crippen molar-refractivity contribution >= 4 is 29.4 Å². The first kappa shape index (κ1) is 14.5. The van der Waals surface area contributed by atoms with Crippen LogP contribution in [0, 0.1) is 6.92 Å². The van der Waals surface area contributed by atoms with Crippen molar-refractivity contribution in [1.29, 1.82) is 0 Å². The summed E-state index contributed by atoms with van der Waals surface area (Å²) in [6.07, 6.45) is 2.15. The molecule has 2 aromatic rings. The first-order valence-corrected chi connectivity index (χ1v) is 7.11. The van der Waals surface area contributed by atoms with Crippen LogP contribution < -0.4 is 5.32 Å². The predicted octanol–water partition coefficient (Wildman–Crippen LogP) is 2.90. The number of hydrogen-bond donors (Lipinski definition) is 2. The van der Waals surface area contributed by atoms with Crippen molar-refractivity contribution < 1.29 is 14.7 Å². The summed E-state index contributed by atoms with van der Waals surface area (Å²) in [6, 6.07) is 3.22. The van der Waals surface area contributed by atoms with Crippen LogP contribution >= 0.6 is 11.6 Å². The van der Waals surface area contributed by atoms with Gasteiger partial charge in [0.15, 0.2) is 0 Å². The maximum Gasteiger partial charge on any atom is 0.434 e. The minimum Gasteiger partial charge on any atom is -0.463 e. The minimum atomic E-state index is -1.25. The van der Waals surface area contributed by atoms with E-state index in [9.17, 15) is 9.59 Å². The molecule has 0 saturated heterocycles. The highest BCUT2D eigenvalue weighted by molar-refractivity contribution is 6.33. The van der Waals surface area contributed by atoms with E-state index in [1.165, 1.54) is 6.20 Å². The number of amides is 1. The maximum absolute atomic E-state index is 12.3. The fraction of sp³-hybridized carbons (Fsp3) is 0.286. The van der Waals surface area contributed by atoms with Crippen LogP contribution in [-0.4, -0.2) is 31.9 Å². The lowest BCUT2D eigenvalue weighted by Crippen LogP contribution is -2.20. The average molecular weight is 321 g/mol. The van der Waals surface area contributed by atoms with Crippen LogP contribution in [0.5, 0.6) is 0 Å². The van der Waals surface area contributed by atoms with Gasteiger partial charge in [-0.25, -0.2) is 9.78 Å². The predicted molar refractivity (Wildman–Crippen MR) is 79.6 cm³/mol. The van der Waals surface area contributed by atoms with Crippen LogP contribution in [0.1, 0.15) is 40.4 Å². The third-order valence-corrected chi connectivity index (χ3v) is 3.75. The molecule has 0 radical (unpaired) electrons. The van der Waals surface area contributed by atoms with Crippen LogP contribution in [0.3, 0.4) is 0 Å². The van der Waals surface area contributed by atoms with Gasteiger partial charge in [-0.3, -0.25) is 4.79 Å². The van der Waals surface area contributed by atoms with Gasteiger partial charge in [0, 0.05) is 11.3 Å². The van der Waals surface area contributed by atoms with Gasteiger partial charge in [-0.05, 0) is 37.8 Å². The van der Waals surface area contributed by atoms with Gasteiger partial charge in [-0.1, -0.05) is 11.6 Å². The molecular formula is C14H13ClN4O3. The standard InChI is InChI=1S/C14H13ClN4O3/c1-7-2-5-9(11(15)17-7)13(20)18-12-10(8-3-4-8)6-16-19(12)14(21)22/h2,5-6,8H,3-4H2,1H3,(H,18,20)(H,21,22). The number of halogens is 1. The molecule has 0 bridgehead atoms. The molecule has 0 aliphatic heterocycles. The third kappa shape index (κ3) is 2.67. The monoisotopic (exact) mass is 320 g/mol. The summed E-state index contributed by atoms with van der Waals surface area (Å²) in [5.74, 6) is -0.0888. The molecule has 3 rings (SSSR count). The topological polar surface area (TPSA) is 97.1 Å². The molecule has 22 heavy (non-hydrogen) atoms. The van der Waals surface area contributed by atoms with Crippen LogP contribution in [0.15, 0.2) is 18.3 Å². The molecule has 114 valence electrons. The van der Waals surface area contributed by atoms with Crippen LogP contribution in [0.4, 0.5) is 10.6 Å². The Balaban J connectivity index is 1.93. The summed E-state index contributed by atoms with van der Waals surface area (Å²) >= 11 is 5.97. The van der Waals surface area contributed by atoms with Gasteiger partial charge in [-0.15, -0.1) is 4.68 Å². The molecule has 8 heteroatoms. The molecule has 7 nitrogen and oxygen atoms in total. The van der Waals surface area contributed by atoms with Crippen molar-refractivity contribution in [3.63, 3.8) is 0 Å². The summed E-state index contributed by atoms with van der Waals surface area (Å²) in [7, 11) is 0. The van der Waals surface area contributed by atoms with E-state index in [2.05, 4.69) is 15.4 Å². The quantitative estimate of drug-likeness (QED) is 0.847. The summed E-state index contributed by atoms with van der Waals surface area (Å²) in [5.41, 5.74) is 1.61. The number of carboxylic acid groups (broad SMARTS) is 1. The van der Waals surface area contributed by atoms with Gasteiger partial charge >= 0.3 is 6.09 Å². The van der Waals surface area contributed by atoms with Crippen LogP contribution in [-0.2, 0) is 0 Å². The van der Waals surface area contributed by atoms with E-state index in [1.54, 1.807) is 19.1 Å². The van der Waals surface area contributed by atoms with Gasteiger partial charge in [0.2, 0.25) is 0 Å². The first-order chi connectivity index (χ1) is 10.5. The molecule has 0 atom stereocenters. The lowest BCUT2D eigenvalue weighted by atomic mass is 10.2. The van der Waals surface area contributed by atoms with Gasteiger partial charge < -0.3 is 10.4 Å². The van der Waals surface area contributed by atoms with Crippen molar-refractivity contribution in [1.82, 2.24) is 14.8 Å². The Bertz CT molecular complexity index is 767. The average Bonchev–Trinajstić information content (AvgIpc) is 3.20. The van der Waals surface area contributed by atoms with Crippen molar-refractivity contribution in [3.8, 4) is 0 Å². The highest BCUT2D eigenvalue weighted by Gasteiger charge is 2.31. The van der Waals surface area contributed by atoms with Gasteiger partial charge in [0.25, 0.3) is 5.91 Å². The van der Waals surface area contributed by atoms with Gasteiger partial charge in [0.05, 0.1) is 11.8 Å². The van der Waals surface area contributed by atoms with Crippen molar-refractivity contribution in [2.24, 2.45) is 0 Å². The number of anilines is 1. The number of nitrogens with one attached hydrogen (secondary N) is 1. The number of aryl methyl sites for hydroxylation is 1. The van der Waals surface area contributed by atoms with Crippen LogP contribution in [0.2, 0.25) is 5.15 Å². The smallest absolute Gasteiger partial charge is 0.434 e. The number of nitrogens with zero attached hydrogens (tertiary/aromatic N) is 3. The van der Waals surface area contributed by atoms with E-state index < -0.39 is 12.0 Å². The summed E-state index contributed by atoms with van der Waals surface area (Å²) < 4.78 is 0.765. The number of aromatic nitrogens is 3. The molecule has 0 unspecified atom stereocenters. The zero-order valence-electron chi connectivity index (χ0n) is 11.7. The fourth-order valence-corrected chi connectivity index (χ4v) is 2.48. The second kappa shape index (κ2) is 5.42. The molecule has 0 spiro atoms. The highest BCUT2D eigenvalue weighted by atomic mass is 35.5. The Morgan fingerprint density at radius 1 is 1.41 bits per heavy atom. The number of carbonyl (C=O) groups is 2. The van der Waals surface area contributed by atoms with E-state index in [0.717, 1.165) is 23.1 Å². The molecule has 2 aromatic heterocycles. The molecular weight excluding hydrogens is 308 g/mol. The summed E-state index contributed by atoms with van der Waals surface area (Å²) in [5, 5.41) is 15.7. The number of pyridine rings is 1. The molecule has 2 heterocycles. The maximum atomic E-state index is 12.3. The number of hydrogen-bond acceptors (Lipinski definition) is 4. The van der Waals surface area contributed by atoms with E-state index in [1.807, 2.05) is 0 Å². The third-order valence-electron chi connectivity index (χ3n) is 3.46. The zero-order chi connectivity index (χ0) is 15.9. The molecule has 1 aliphatic carbocycles. The SMILES string of the molecule is Cc1ccc(C(=O)Nc2c(C3CC3)cnn2C(=O)O)c(Cl)n1. The Morgan fingerprint density at radius 2 is 2.14 bits per heavy atom. The summed E-state index contributed by atoms with van der Waals surface area (Å²) in [4.78, 5) is 27.6. The molecule has 1 aliphatic rings. The number of rotatable bonds is 3. The first-order valence-electron chi connectivity index (χ1n) is 6.73. The van der Waals surface area contributed by atoms with Crippen molar-refractivity contribution in [2.45, 2.75) is 25.7 Å². The van der Waals surface area contributed by atoms with Crippen molar-refractivity contribution in [3.05, 3.63) is 40.3 Å². The zero-order valence-corrected chi connectivity index (χ0v) is 12.5. The lowest BCUT2D eigenvalue weighted by Gasteiger charge is -2.09. The summed E-state index contributed by atoms with van der Waals surface area (Å²) in [6.45, 7) is 1.76. The van der Waals surface area contributed by atoms with E-state index in [-0.39, 0.29) is 22.5 Å². The largest absolute Gasteiger partial charge is 0.463 e.